The highest BCUT2D eigenvalue weighted by Crippen LogP contribution is 2.33. The number of nitrogens with zero attached hydrogens (tertiary/aromatic N) is 3. The molecule has 0 saturated carbocycles. The number of anilines is 1. The van der Waals surface area contributed by atoms with Crippen molar-refractivity contribution in [3.05, 3.63) is 66.2 Å². The molecule has 0 amide bonds. The Morgan fingerprint density at radius 1 is 1.21 bits per heavy atom. The summed E-state index contributed by atoms with van der Waals surface area (Å²) in [5.41, 5.74) is 4.22. The van der Waals surface area contributed by atoms with E-state index in [-0.39, 0.29) is 0 Å². The molecule has 0 aliphatic carbocycles. The van der Waals surface area contributed by atoms with E-state index in [4.69, 9.17) is 19.2 Å². The monoisotopic (exact) mass is 406 g/mol. The molecular weight excluding hydrogens is 384 g/mol. The van der Waals surface area contributed by atoms with Crippen LogP contribution in [0, 0.1) is 6.92 Å². The van der Waals surface area contributed by atoms with Crippen LogP contribution in [0.15, 0.2) is 59.3 Å². The van der Waals surface area contributed by atoms with Crippen LogP contribution in [0.1, 0.15) is 23.7 Å². The van der Waals surface area contributed by atoms with Gasteiger partial charge >= 0.3 is 0 Å². The van der Waals surface area contributed by atoms with E-state index in [1.54, 1.807) is 17.6 Å². The third-order valence-electron chi connectivity index (χ3n) is 5.15. The van der Waals surface area contributed by atoms with Gasteiger partial charge in [-0.2, -0.15) is 5.10 Å². The molecule has 6 nitrogen and oxygen atoms in total. The number of thiazole rings is 1. The molecule has 148 valence electrons. The average Bonchev–Trinajstić information content (AvgIpc) is 3.54. The zero-order valence-corrected chi connectivity index (χ0v) is 17.0. The Balaban J connectivity index is 1.33. The fraction of sp³-hybridized carbons (Fsp3) is 0.273. The van der Waals surface area contributed by atoms with Gasteiger partial charge in [-0.25, -0.2) is 4.98 Å². The fourth-order valence-corrected chi connectivity index (χ4v) is 4.55. The SMILES string of the molecule is Cc1nc(NCc2ccccc2-c2ccco2)sc1-c1ccn(C2CCOC2)n1. The third-order valence-corrected chi connectivity index (χ3v) is 6.29. The summed E-state index contributed by atoms with van der Waals surface area (Å²) in [6.07, 6.45) is 4.76. The molecule has 1 aliphatic rings. The molecule has 1 atom stereocenters. The maximum absolute atomic E-state index is 5.58. The molecular formula is C22H22N4O2S. The summed E-state index contributed by atoms with van der Waals surface area (Å²) < 4.78 is 13.1. The van der Waals surface area contributed by atoms with Gasteiger partial charge in [0.25, 0.3) is 0 Å². The lowest BCUT2D eigenvalue weighted by atomic mass is 10.1. The number of furan rings is 1. The molecule has 1 saturated heterocycles. The van der Waals surface area contributed by atoms with Crippen LogP contribution < -0.4 is 5.32 Å². The quantitative estimate of drug-likeness (QED) is 0.480. The van der Waals surface area contributed by atoms with Crippen molar-refractivity contribution in [2.24, 2.45) is 0 Å². The Bertz CT molecular complexity index is 1090. The first-order valence-corrected chi connectivity index (χ1v) is 10.6. The number of aryl methyl sites for hydroxylation is 1. The number of hydrogen-bond donors (Lipinski definition) is 1. The molecule has 1 N–H and O–H groups in total. The summed E-state index contributed by atoms with van der Waals surface area (Å²) in [4.78, 5) is 5.81. The zero-order valence-electron chi connectivity index (χ0n) is 16.2. The Morgan fingerprint density at radius 3 is 2.97 bits per heavy atom. The molecule has 3 aromatic heterocycles. The lowest BCUT2D eigenvalue weighted by Gasteiger charge is -2.08. The van der Waals surface area contributed by atoms with E-state index in [2.05, 4.69) is 23.5 Å². The van der Waals surface area contributed by atoms with Gasteiger partial charge in [0.2, 0.25) is 0 Å². The zero-order chi connectivity index (χ0) is 19.6. The highest BCUT2D eigenvalue weighted by Gasteiger charge is 2.20. The molecule has 1 unspecified atom stereocenters. The number of rotatable bonds is 6. The van der Waals surface area contributed by atoms with Crippen molar-refractivity contribution in [2.45, 2.75) is 25.9 Å². The summed E-state index contributed by atoms with van der Waals surface area (Å²) in [6, 6.07) is 14.6. The summed E-state index contributed by atoms with van der Waals surface area (Å²) in [6.45, 7) is 4.26. The van der Waals surface area contributed by atoms with Crippen molar-refractivity contribution in [3.8, 4) is 21.9 Å². The summed E-state index contributed by atoms with van der Waals surface area (Å²) in [7, 11) is 0. The van der Waals surface area contributed by atoms with Gasteiger partial charge in [-0.15, -0.1) is 0 Å². The highest BCUT2D eigenvalue weighted by molar-refractivity contribution is 7.19. The lowest BCUT2D eigenvalue weighted by Crippen LogP contribution is -2.08. The van der Waals surface area contributed by atoms with Crippen LogP contribution in [0.25, 0.3) is 21.9 Å². The fourth-order valence-electron chi connectivity index (χ4n) is 3.62. The molecule has 7 heteroatoms. The summed E-state index contributed by atoms with van der Waals surface area (Å²) in [5.74, 6) is 0.875. The molecule has 4 heterocycles. The molecule has 29 heavy (non-hydrogen) atoms. The number of nitrogens with one attached hydrogen (secondary N) is 1. The van der Waals surface area contributed by atoms with Crippen molar-refractivity contribution in [1.29, 1.82) is 0 Å². The van der Waals surface area contributed by atoms with Crippen LogP contribution in [0.3, 0.4) is 0 Å². The van der Waals surface area contributed by atoms with Crippen molar-refractivity contribution in [2.75, 3.05) is 18.5 Å². The Hall–Kier alpha value is -2.90. The minimum Gasteiger partial charge on any atom is -0.464 e. The minimum absolute atomic E-state index is 0.340. The first-order valence-electron chi connectivity index (χ1n) is 9.74. The Labute approximate surface area is 173 Å². The van der Waals surface area contributed by atoms with Crippen LogP contribution in [0.2, 0.25) is 0 Å². The first kappa shape index (κ1) is 18.1. The smallest absolute Gasteiger partial charge is 0.183 e. The summed E-state index contributed by atoms with van der Waals surface area (Å²) >= 11 is 1.64. The lowest BCUT2D eigenvalue weighted by molar-refractivity contribution is 0.184. The van der Waals surface area contributed by atoms with Gasteiger partial charge in [-0.3, -0.25) is 4.68 Å². The van der Waals surface area contributed by atoms with Crippen molar-refractivity contribution in [3.63, 3.8) is 0 Å². The van der Waals surface area contributed by atoms with E-state index >= 15 is 0 Å². The van der Waals surface area contributed by atoms with Gasteiger partial charge in [0.15, 0.2) is 5.13 Å². The van der Waals surface area contributed by atoms with Crippen LogP contribution >= 0.6 is 11.3 Å². The summed E-state index contributed by atoms with van der Waals surface area (Å²) in [5, 5.41) is 9.13. The largest absolute Gasteiger partial charge is 0.464 e. The van der Waals surface area contributed by atoms with E-state index in [0.29, 0.717) is 12.6 Å². The molecule has 1 aliphatic heterocycles. The van der Waals surface area contributed by atoms with Crippen LogP contribution in [0.4, 0.5) is 5.13 Å². The normalized spacial score (nSPS) is 16.4. The molecule has 0 radical (unpaired) electrons. The second kappa shape index (κ2) is 7.85. The molecule has 4 aromatic rings. The van der Waals surface area contributed by atoms with Gasteiger partial charge in [0.1, 0.15) is 11.5 Å². The van der Waals surface area contributed by atoms with Gasteiger partial charge in [-0.1, -0.05) is 35.6 Å². The molecule has 1 aromatic carbocycles. The van der Waals surface area contributed by atoms with Gasteiger partial charge in [0, 0.05) is 24.9 Å². The molecule has 0 spiro atoms. The van der Waals surface area contributed by atoms with E-state index in [0.717, 1.165) is 52.4 Å². The molecule has 1 fully saturated rings. The van der Waals surface area contributed by atoms with E-state index in [9.17, 15) is 0 Å². The Kier molecular flexibility index (Phi) is 4.91. The van der Waals surface area contributed by atoms with E-state index in [1.165, 1.54) is 5.56 Å². The maximum atomic E-state index is 5.58. The second-order valence-electron chi connectivity index (χ2n) is 7.12. The number of benzene rings is 1. The standard InChI is InChI=1S/C22H22N4O2S/c1-15-21(19-8-10-26(25-19)17-9-12-27-14-17)29-22(24-15)23-13-16-5-2-3-6-18(16)20-7-4-11-28-20/h2-8,10-11,17H,9,12-14H2,1H3,(H,23,24). The van der Waals surface area contributed by atoms with E-state index in [1.807, 2.05) is 42.1 Å². The number of hydrogen-bond acceptors (Lipinski definition) is 6. The van der Waals surface area contributed by atoms with Gasteiger partial charge < -0.3 is 14.5 Å². The molecule has 5 rings (SSSR count). The van der Waals surface area contributed by atoms with Gasteiger partial charge in [0.05, 0.1) is 29.5 Å². The first-order chi connectivity index (χ1) is 14.3. The highest BCUT2D eigenvalue weighted by atomic mass is 32.1. The van der Waals surface area contributed by atoms with Crippen molar-refractivity contribution < 1.29 is 9.15 Å². The third kappa shape index (κ3) is 3.71. The average molecular weight is 407 g/mol. The Morgan fingerprint density at radius 2 is 2.14 bits per heavy atom. The predicted molar refractivity (Wildman–Crippen MR) is 114 cm³/mol. The number of ether oxygens (including phenoxy) is 1. The molecule has 0 bridgehead atoms. The number of aromatic nitrogens is 3. The minimum atomic E-state index is 0.340. The topological polar surface area (TPSA) is 65.1 Å². The van der Waals surface area contributed by atoms with Crippen molar-refractivity contribution >= 4 is 16.5 Å². The second-order valence-corrected chi connectivity index (χ2v) is 8.12. The van der Waals surface area contributed by atoms with Crippen LogP contribution in [-0.4, -0.2) is 28.0 Å². The predicted octanol–water partition coefficient (Wildman–Crippen LogP) is 5.15. The maximum Gasteiger partial charge on any atom is 0.183 e. The van der Waals surface area contributed by atoms with Crippen LogP contribution in [-0.2, 0) is 11.3 Å². The van der Waals surface area contributed by atoms with E-state index < -0.39 is 0 Å². The van der Waals surface area contributed by atoms with Gasteiger partial charge in [-0.05, 0) is 37.1 Å². The van der Waals surface area contributed by atoms with Crippen LogP contribution in [0.5, 0.6) is 0 Å². The van der Waals surface area contributed by atoms with Crippen molar-refractivity contribution in [1.82, 2.24) is 14.8 Å².